The standard InChI is InChI=1S/C7H15NO/c1-7(2)4-3-5-8(7)6-9/h9H,3-6H2,1-2H3. The van der Waals surface area contributed by atoms with Gasteiger partial charge in [-0.3, -0.25) is 4.90 Å². The number of aliphatic hydroxyl groups excluding tert-OH is 1. The normalized spacial score (nSPS) is 27.0. The van der Waals surface area contributed by atoms with Gasteiger partial charge in [-0.15, -0.1) is 0 Å². The molecular weight excluding hydrogens is 114 g/mol. The quantitative estimate of drug-likeness (QED) is 0.566. The SMILES string of the molecule is CC1(C)CCCN1CO. The van der Waals surface area contributed by atoms with Crippen molar-refractivity contribution in [3.63, 3.8) is 0 Å². The molecule has 0 saturated carbocycles. The van der Waals surface area contributed by atoms with Crippen molar-refractivity contribution in [3.05, 3.63) is 0 Å². The summed E-state index contributed by atoms with van der Waals surface area (Å²) in [4.78, 5) is 2.10. The molecule has 54 valence electrons. The van der Waals surface area contributed by atoms with Gasteiger partial charge in [-0.1, -0.05) is 0 Å². The van der Waals surface area contributed by atoms with Crippen LogP contribution in [0.25, 0.3) is 0 Å². The predicted molar refractivity (Wildman–Crippen MR) is 37.1 cm³/mol. The maximum Gasteiger partial charge on any atom is 0.0960 e. The Labute approximate surface area is 56.5 Å². The van der Waals surface area contributed by atoms with Crippen molar-refractivity contribution in [1.82, 2.24) is 4.90 Å². The van der Waals surface area contributed by atoms with Crippen LogP contribution in [-0.4, -0.2) is 28.8 Å². The van der Waals surface area contributed by atoms with Crippen LogP contribution in [-0.2, 0) is 0 Å². The molecule has 0 aromatic rings. The number of hydrogen-bond acceptors (Lipinski definition) is 2. The Hall–Kier alpha value is -0.0800. The zero-order chi connectivity index (χ0) is 6.91. The molecule has 1 aliphatic rings. The molecule has 0 amide bonds. The third-order valence-electron chi connectivity index (χ3n) is 2.24. The summed E-state index contributed by atoms with van der Waals surface area (Å²) in [5.74, 6) is 0. The minimum absolute atomic E-state index is 0.215. The van der Waals surface area contributed by atoms with E-state index >= 15 is 0 Å². The molecule has 1 rings (SSSR count). The maximum atomic E-state index is 8.83. The second-order valence-electron chi connectivity index (χ2n) is 3.32. The molecule has 1 fully saturated rings. The second-order valence-corrected chi connectivity index (χ2v) is 3.32. The molecular formula is C7H15NO. The van der Waals surface area contributed by atoms with Crippen molar-refractivity contribution in [2.24, 2.45) is 0 Å². The highest BCUT2D eigenvalue weighted by atomic mass is 16.3. The Morgan fingerprint density at radius 3 is 2.44 bits per heavy atom. The molecule has 2 heteroatoms. The number of nitrogens with zero attached hydrogens (tertiary/aromatic N) is 1. The minimum atomic E-state index is 0.215. The zero-order valence-electron chi connectivity index (χ0n) is 6.22. The predicted octanol–water partition coefficient (Wildman–Crippen LogP) is 0.811. The van der Waals surface area contributed by atoms with Crippen LogP contribution in [0.5, 0.6) is 0 Å². The van der Waals surface area contributed by atoms with E-state index < -0.39 is 0 Å². The van der Waals surface area contributed by atoms with Crippen LogP contribution in [0.2, 0.25) is 0 Å². The van der Waals surface area contributed by atoms with Gasteiger partial charge in [0.1, 0.15) is 0 Å². The lowest BCUT2D eigenvalue weighted by molar-refractivity contribution is 0.0572. The number of likely N-dealkylation sites (tertiary alicyclic amines) is 1. The molecule has 2 nitrogen and oxygen atoms in total. The molecule has 1 heterocycles. The van der Waals surface area contributed by atoms with Gasteiger partial charge in [-0.2, -0.15) is 0 Å². The van der Waals surface area contributed by atoms with Crippen LogP contribution in [0, 0.1) is 0 Å². The summed E-state index contributed by atoms with van der Waals surface area (Å²) in [6.45, 7) is 5.63. The average Bonchev–Trinajstić information content (AvgIpc) is 2.08. The van der Waals surface area contributed by atoms with Gasteiger partial charge in [-0.05, 0) is 26.7 Å². The van der Waals surface area contributed by atoms with E-state index in [0.717, 1.165) is 6.54 Å². The first kappa shape index (κ1) is 7.03. The summed E-state index contributed by atoms with van der Waals surface area (Å²) in [6.07, 6.45) is 2.45. The van der Waals surface area contributed by atoms with E-state index in [0.29, 0.717) is 0 Å². The molecule has 0 aromatic carbocycles. The van der Waals surface area contributed by atoms with Crippen LogP contribution in [0.3, 0.4) is 0 Å². The lowest BCUT2D eigenvalue weighted by Crippen LogP contribution is -2.38. The van der Waals surface area contributed by atoms with Gasteiger partial charge in [0.05, 0.1) is 6.73 Å². The van der Waals surface area contributed by atoms with Gasteiger partial charge in [0.25, 0.3) is 0 Å². The average molecular weight is 129 g/mol. The van der Waals surface area contributed by atoms with Crippen LogP contribution < -0.4 is 0 Å². The van der Waals surface area contributed by atoms with Crippen LogP contribution >= 0.6 is 0 Å². The topological polar surface area (TPSA) is 23.5 Å². The third-order valence-corrected chi connectivity index (χ3v) is 2.24. The van der Waals surface area contributed by atoms with Crippen molar-refractivity contribution in [2.45, 2.75) is 32.2 Å². The molecule has 0 unspecified atom stereocenters. The highest BCUT2D eigenvalue weighted by Gasteiger charge is 2.30. The first-order valence-electron chi connectivity index (χ1n) is 3.53. The van der Waals surface area contributed by atoms with Gasteiger partial charge >= 0.3 is 0 Å². The van der Waals surface area contributed by atoms with E-state index in [9.17, 15) is 0 Å². The fourth-order valence-electron chi connectivity index (χ4n) is 1.43. The third kappa shape index (κ3) is 1.25. The van der Waals surface area contributed by atoms with Gasteiger partial charge in [0, 0.05) is 12.1 Å². The largest absolute Gasteiger partial charge is 0.381 e. The molecule has 1 N–H and O–H groups in total. The molecule has 0 bridgehead atoms. The fourth-order valence-corrected chi connectivity index (χ4v) is 1.43. The Morgan fingerprint density at radius 2 is 2.22 bits per heavy atom. The molecule has 9 heavy (non-hydrogen) atoms. The summed E-state index contributed by atoms with van der Waals surface area (Å²) in [7, 11) is 0. The Bertz CT molecular complexity index is 101. The van der Waals surface area contributed by atoms with Crippen LogP contribution in [0.1, 0.15) is 26.7 Å². The van der Waals surface area contributed by atoms with Crippen molar-refractivity contribution >= 4 is 0 Å². The second kappa shape index (κ2) is 2.27. The van der Waals surface area contributed by atoms with Crippen LogP contribution in [0.15, 0.2) is 0 Å². The van der Waals surface area contributed by atoms with E-state index in [2.05, 4.69) is 18.7 Å². The Kier molecular flexibility index (Phi) is 1.78. The van der Waals surface area contributed by atoms with E-state index in [-0.39, 0.29) is 12.3 Å². The highest BCUT2D eigenvalue weighted by Crippen LogP contribution is 2.26. The zero-order valence-corrected chi connectivity index (χ0v) is 6.22. The molecule has 1 aliphatic heterocycles. The van der Waals surface area contributed by atoms with E-state index in [1.165, 1.54) is 12.8 Å². The first-order valence-corrected chi connectivity index (χ1v) is 3.53. The fraction of sp³-hybridized carbons (Fsp3) is 1.00. The molecule has 0 spiro atoms. The van der Waals surface area contributed by atoms with E-state index in [4.69, 9.17) is 5.11 Å². The van der Waals surface area contributed by atoms with Crippen molar-refractivity contribution in [3.8, 4) is 0 Å². The number of hydrogen-bond donors (Lipinski definition) is 1. The monoisotopic (exact) mass is 129 g/mol. The molecule has 0 aromatic heterocycles. The molecule has 1 saturated heterocycles. The number of rotatable bonds is 1. The summed E-state index contributed by atoms with van der Waals surface area (Å²) in [6, 6.07) is 0. The molecule has 0 atom stereocenters. The van der Waals surface area contributed by atoms with Crippen molar-refractivity contribution < 1.29 is 5.11 Å². The lowest BCUT2D eigenvalue weighted by atomic mass is 10.0. The van der Waals surface area contributed by atoms with Crippen molar-refractivity contribution in [2.75, 3.05) is 13.3 Å². The van der Waals surface area contributed by atoms with Gasteiger partial charge < -0.3 is 5.11 Å². The summed E-state index contributed by atoms with van der Waals surface area (Å²) >= 11 is 0. The van der Waals surface area contributed by atoms with Gasteiger partial charge in [0.2, 0.25) is 0 Å². The lowest BCUT2D eigenvalue weighted by Gasteiger charge is -2.28. The van der Waals surface area contributed by atoms with Crippen molar-refractivity contribution in [1.29, 1.82) is 0 Å². The summed E-state index contributed by atoms with van der Waals surface area (Å²) in [5.41, 5.74) is 0.245. The summed E-state index contributed by atoms with van der Waals surface area (Å²) in [5, 5.41) is 8.83. The summed E-state index contributed by atoms with van der Waals surface area (Å²) < 4.78 is 0. The first-order chi connectivity index (χ1) is 4.17. The van der Waals surface area contributed by atoms with Gasteiger partial charge in [-0.25, -0.2) is 0 Å². The Balaban J connectivity index is 2.52. The van der Waals surface area contributed by atoms with E-state index in [1.807, 2.05) is 0 Å². The van der Waals surface area contributed by atoms with Crippen LogP contribution in [0.4, 0.5) is 0 Å². The molecule has 0 radical (unpaired) electrons. The Morgan fingerprint density at radius 1 is 1.56 bits per heavy atom. The smallest absolute Gasteiger partial charge is 0.0960 e. The highest BCUT2D eigenvalue weighted by molar-refractivity contribution is 4.85. The minimum Gasteiger partial charge on any atom is -0.381 e. The maximum absolute atomic E-state index is 8.83. The number of aliphatic hydroxyl groups is 1. The van der Waals surface area contributed by atoms with E-state index in [1.54, 1.807) is 0 Å². The van der Waals surface area contributed by atoms with Gasteiger partial charge in [0.15, 0.2) is 0 Å². The molecule has 0 aliphatic carbocycles.